The summed E-state index contributed by atoms with van der Waals surface area (Å²) in [6, 6.07) is 2.48. The van der Waals surface area contributed by atoms with Gasteiger partial charge in [-0.2, -0.15) is 0 Å². The summed E-state index contributed by atoms with van der Waals surface area (Å²) in [7, 11) is -0.874. The first kappa shape index (κ1) is 23.4. The Labute approximate surface area is 120 Å². The van der Waals surface area contributed by atoms with Gasteiger partial charge in [0.2, 0.25) is 11.8 Å². The van der Waals surface area contributed by atoms with E-state index < -0.39 is 17.6 Å². The molecule has 0 bridgehead atoms. The first-order valence-corrected chi connectivity index (χ1v) is 13.1. The maximum Gasteiger partial charge on any atom is 0.217 e. The highest BCUT2D eigenvalue weighted by molar-refractivity contribution is 6.55. The molecule has 0 rings (SSSR count). The van der Waals surface area contributed by atoms with Crippen LogP contribution in [0.4, 0.5) is 0 Å². The van der Waals surface area contributed by atoms with E-state index >= 15 is 0 Å². The molecular formula is C12H32N2O3Si2. The highest BCUT2D eigenvalue weighted by atomic mass is 28.3. The monoisotopic (exact) mass is 308 g/mol. The Bertz CT molecular complexity index is 213. The van der Waals surface area contributed by atoms with E-state index in [0.29, 0.717) is 12.8 Å². The first-order valence-electron chi connectivity index (χ1n) is 6.82. The van der Waals surface area contributed by atoms with Crippen LogP contribution in [-0.4, -0.2) is 34.9 Å². The van der Waals surface area contributed by atoms with Crippen LogP contribution in [0.15, 0.2) is 0 Å². The number of carbonyl (C=O) groups excluding carboxylic acids is 2. The van der Waals surface area contributed by atoms with Gasteiger partial charge in [-0.1, -0.05) is 38.3 Å². The van der Waals surface area contributed by atoms with Gasteiger partial charge in [0.1, 0.15) is 0 Å². The number of nitrogens with two attached hydrogens (primary N) is 2. The van der Waals surface area contributed by atoms with Gasteiger partial charge in [-0.15, -0.1) is 0 Å². The highest BCUT2D eigenvalue weighted by Gasteiger charge is 1.98. The molecule has 0 unspecified atom stereocenters. The van der Waals surface area contributed by atoms with E-state index in [1.807, 2.05) is 0 Å². The average Bonchev–Trinajstić information content (AvgIpc) is 2.15. The number of rotatable bonds is 8. The summed E-state index contributed by atoms with van der Waals surface area (Å²) in [5.41, 5.74) is 9.91. The van der Waals surface area contributed by atoms with E-state index in [2.05, 4.69) is 26.2 Å². The fraction of sp³-hybridized carbons (Fsp3) is 0.833. The van der Waals surface area contributed by atoms with Crippen LogP contribution in [-0.2, 0) is 9.59 Å². The Balaban J connectivity index is -0.000000256. The number of hydrogen-bond acceptors (Lipinski definition) is 2. The van der Waals surface area contributed by atoms with Crippen LogP contribution < -0.4 is 11.5 Å². The number of carbonyl (C=O) groups is 2. The molecule has 0 atom stereocenters. The van der Waals surface area contributed by atoms with E-state index in [4.69, 9.17) is 11.5 Å². The molecule has 5 nitrogen and oxygen atoms in total. The minimum atomic E-state index is -0.437. The average molecular weight is 309 g/mol. The predicted molar refractivity (Wildman–Crippen MR) is 87.8 cm³/mol. The van der Waals surface area contributed by atoms with Gasteiger partial charge in [-0.25, -0.2) is 0 Å². The second-order valence-electron chi connectivity index (χ2n) is 5.50. The van der Waals surface area contributed by atoms with Gasteiger partial charge >= 0.3 is 0 Å². The zero-order valence-corrected chi connectivity index (χ0v) is 15.2. The second-order valence-corrected chi connectivity index (χ2v) is 12.2. The molecule has 0 radical (unpaired) electrons. The molecule has 0 spiro atoms. The van der Waals surface area contributed by atoms with Crippen molar-refractivity contribution in [3.05, 3.63) is 0 Å². The molecule has 7 heteroatoms. The molecule has 0 aromatic rings. The predicted octanol–water partition coefficient (Wildman–Crippen LogP) is 0.653. The van der Waals surface area contributed by atoms with E-state index in [1.165, 1.54) is 12.1 Å². The smallest absolute Gasteiger partial charge is 0.217 e. The number of hydrogen-bond donors (Lipinski definition) is 2. The lowest BCUT2D eigenvalue weighted by Crippen LogP contribution is -2.11. The summed E-state index contributed by atoms with van der Waals surface area (Å²) in [5, 5.41) is 0. The molecule has 0 saturated carbocycles. The molecule has 116 valence electrons. The van der Waals surface area contributed by atoms with Gasteiger partial charge in [-0.3, -0.25) is 9.59 Å². The van der Waals surface area contributed by atoms with Crippen LogP contribution >= 0.6 is 0 Å². The fourth-order valence-corrected chi connectivity index (χ4v) is 3.41. The van der Waals surface area contributed by atoms with Crippen molar-refractivity contribution >= 4 is 29.4 Å². The summed E-state index contributed by atoms with van der Waals surface area (Å²) in [6.07, 6.45) is 3.15. The molecule has 0 saturated heterocycles. The molecule has 0 fully saturated rings. The van der Waals surface area contributed by atoms with Crippen molar-refractivity contribution in [2.75, 3.05) is 0 Å². The number of amides is 2. The summed E-state index contributed by atoms with van der Waals surface area (Å²) in [6.45, 7) is 9.12. The Morgan fingerprint density at radius 1 is 0.789 bits per heavy atom. The van der Waals surface area contributed by atoms with Gasteiger partial charge < -0.3 is 16.9 Å². The van der Waals surface area contributed by atoms with E-state index in [0.717, 1.165) is 12.8 Å². The zero-order chi connectivity index (χ0) is 14.6. The van der Waals surface area contributed by atoms with Gasteiger partial charge in [-0.05, 0) is 12.8 Å². The molecule has 19 heavy (non-hydrogen) atoms. The summed E-state index contributed by atoms with van der Waals surface area (Å²) >= 11 is 0. The van der Waals surface area contributed by atoms with Crippen molar-refractivity contribution in [3.8, 4) is 0 Å². The second kappa shape index (κ2) is 15.4. The van der Waals surface area contributed by atoms with Crippen LogP contribution in [0.2, 0.25) is 38.3 Å². The van der Waals surface area contributed by atoms with E-state index in [1.54, 1.807) is 0 Å². The third-order valence-corrected chi connectivity index (χ3v) is 5.54. The van der Waals surface area contributed by atoms with Crippen LogP contribution in [0.25, 0.3) is 0 Å². The number of primary amides is 2. The normalized spacial score (nSPS) is 9.58. The maximum absolute atomic E-state index is 10.2. The fourth-order valence-electron chi connectivity index (χ4n) is 1.37. The van der Waals surface area contributed by atoms with Gasteiger partial charge in [0.25, 0.3) is 0 Å². The third kappa shape index (κ3) is 31.7. The van der Waals surface area contributed by atoms with Crippen molar-refractivity contribution in [2.24, 2.45) is 11.5 Å². The lowest BCUT2D eigenvalue weighted by molar-refractivity contribution is -0.118. The molecular weight excluding hydrogens is 276 g/mol. The molecule has 2 amide bonds. The lowest BCUT2D eigenvalue weighted by Gasteiger charge is -1.98. The highest BCUT2D eigenvalue weighted by Crippen LogP contribution is 2.00. The lowest BCUT2D eigenvalue weighted by atomic mass is 10.3. The van der Waals surface area contributed by atoms with Crippen LogP contribution in [0.5, 0.6) is 0 Å². The van der Waals surface area contributed by atoms with Crippen molar-refractivity contribution < 1.29 is 15.1 Å². The van der Waals surface area contributed by atoms with Crippen molar-refractivity contribution in [1.82, 2.24) is 0 Å². The van der Waals surface area contributed by atoms with Crippen LogP contribution in [0, 0.1) is 0 Å². The summed E-state index contributed by atoms with van der Waals surface area (Å²) in [4.78, 5) is 20.4. The van der Waals surface area contributed by atoms with E-state index in [-0.39, 0.29) is 17.3 Å². The molecule has 0 heterocycles. The van der Waals surface area contributed by atoms with E-state index in [9.17, 15) is 9.59 Å². The Kier molecular flexibility index (Phi) is 19.0. The molecule has 0 aromatic heterocycles. The molecule has 0 aliphatic rings. The third-order valence-electron chi connectivity index (χ3n) is 2.41. The standard InChI is InChI=1S/2C6H15NOSi.H2O/c2*1-9(2)5-3-4-6(7)8;/h2*9H,3-5H2,1-2H3,(H2,7,8);1H2. The maximum atomic E-state index is 10.2. The summed E-state index contributed by atoms with van der Waals surface area (Å²) < 4.78 is 0. The molecule has 6 N–H and O–H groups in total. The van der Waals surface area contributed by atoms with Gasteiger partial charge in [0.05, 0.1) is 0 Å². The van der Waals surface area contributed by atoms with Gasteiger partial charge in [0, 0.05) is 30.4 Å². The van der Waals surface area contributed by atoms with Crippen molar-refractivity contribution in [2.45, 2.75) is 64.0 Å². The molecule has 0 aliphatic heterocycles. The van der Waals surface area contributed by atoms with Crippen molar-refractivity contribution in [3.63, 3.8) is 0 Å². The van der Waals surface area contributed by atoms with Crippen molar-refractivity contribution in [1.29, 1.82) is 0 Å². The Morgan fingerprint density at radius 3 is 1.21 bits per heavy atom. The molecule has 0 aromatic carbocycles. The Hall–Kier alpha value is -0.666. The quantitative estimate of drug-likeness (QED) is 0.640. The van der Waals surface area contributed by atoms with Crippen LogP contribution in [0.3, 0.4) is 0 Å². The van der Waals surface area contributed by atoms with Gasteiger partial charge in [0.15, 0.2) is 0 Å². The largest absolute Gasteiger partial charge is 0.412 e. The minimum Gasteiger partial charge on any atom is -0.412 e. The molecule has 0 aliphatic carbocycles. The first-order chi connectivity index (χ1) is 8.25. The Morgan fingerprint density at radius 2 is 1.05 bits per heavy atom. The summed E-state index contributed by atoms with van der Waals surface area (Å²) in [5.74, 6) is -0.325. The zero-order valence-electron chi connectivity index (χ0n) is 12.9. The topological polar surface area (TPSA) is 118 Å². The minimum absolute atomic E-state index is 0. The van der Waals surface area contributed by atoms with Crippen LogP contribution in [0.1, 0.15) is 25.7 Å². The SMILES string of the molecule is C[SiH](C)CCCC(N)=O.C[SiH](C)CCCC(N)=O.O.